The van der Waals surface area contributed by atoms with Gasteiger partial charge in [-0.05, 0) is 18.4 Å². The molecule has 0 spiro atoms. The van der Waals surface area contributed by atoms with E-state index < -0.39 is 6.10 Å². The molecule has 0 fully saturated rings. The molecule has 0 aromatic carbocycles. The Labute approximate surface area is 79.0 Å². The molecule has 2 heteroatoms. The molecule has 0 radical (unpaired) electrons. The lowest BCUT2D eigenvalue weighted by Gasteiger charge is -2.17. The van der Waals surface area contributed by atoms with Crippen molar-refractivity contribution in [3.63, 3.8) is 0 Å². The van der Waals surface area contributed by atoms with Gasteiger partial charge >= 0.3 is 0 Å². The fourth-order valence-electron chi connectivity index (χ4n) is 1.61. The lowest BCUT2D eigenvalue weighted by Crippen LogP contribution is -2.27. The number of allylic oxidation sites excluding steroid dienone is 3. The van der Waals surface area contributed by atoms with Crippen LogP contribution < -0.4 is 0 Å². The fraction of sp³-hybridized carbons (Fsp3) is 0.545. The second kappa shape index (κ2) is 4.38. The number of ketones is 1. The molecule has 13 heavy (non-hydrogen) atoms. The third-order valence-electron chi connectivity index (χ3n) is 2.40. The number of aliphatic hydroxyl groups excluding tert-OH is 1. The summed E-state index contributed by atoms with van der Waals surface area (Å²) in [5, 5.41) is 9.67. The van der Waals surface area contributed by atoms with Crippen molar-refractivity contribution in [1.29, 1.82) is 0 Å². The molecule has 1 aliphatic rings. The molecule has 0 aromatic rings. The van der Waals surface area contributed by atoms with Crippen LogP contribution in [0.3, 0.4) is 0 Å². The van der Waals surface area contributed by atoms with Crippen molar-refractivity contribution in [3.8, 4) is 0 Å². The first kappa shape index (κ1) is 10.2. The van der Waals surface area contributed by atoms with Crippen LogP contribution in [0.5, 0.6) is 0 Å². The summed E-state index contributed by atoms with van der Waals surface area (Å²) >= 11 is 0. The van der Waals surface area contributed by atoms with Crippen LogP contribution in [0.15, 0.2) is 24.3 Å². The Bertz CT molecular complexity index is 240. The van der Waals surface area contributed by atoms with Gasteiger partial charge in [-0.1, -0.05) is 32.1 Å². The number of carbonyl (C=O) groups is 1. The van der Waals surface area contributed by atoms with E-state index >= 15 is 0 Å². The molecule has 0 amide bonds. The van der Waals surface area contributed by atoms with Crippen molar-refractivity contribution < 1.29 is 9.90 Å². The Balaban J connectivity index is 2.61. The van der Waals surface area contributed by atoms with E-state index in [1.807, 2.05) is 26.0 Å². The first-order chi connectivity index (χ1) is 6.16. The Morgan fingerprint density at radius 1 is 1.69 bits per heavy atom. The molecule has 2 unspecified atom stereocenters. The molecule has 0 aliphatic heterocycles. The number of rotatable bonds is 3. The Morgan fingerprint density at radius 2 is 2.38 bits per heavy atom. The van der Waals surface area contributed by atoms with Crippen LogP contribution in [-0.2, 0) is 4.79 Å². The highest BCUT2D eigenvalue weighted by Gasteiger charge is 2.31. The lowest BCUT2D eigenvalue weighted by atomic mass is 9.90. The highest BCUT2D eigenvalue weighted by Crippen LogP contribution is 2.25. The van der Waals surface area contributed by atoms with Crippen LogP contribution in [0.1, 0.15) is 20.3 Å². The summed E-state index contributed by atoms with van der Waals surface area (Å²) < 4.78 is 0. The van der Waals surface area contributed by atoms with Crippen molar-refractivity contribution in [2.45, 2.75) is 26.4 Å². The predicted molar refractivity (Wildman–Crippen MR) is 52.2 cm³/mol. The van der Waals surface area contributed by atoms with E-state index in [0.29, 0.717) is 0 Å². The molecule has 72 valence electrons. The first-order valence-electron chi connectivity index (χ1n) is 4.73. The van der Waals surface area contributed by atoms with Crippen LogP contribution in [0, 0.1) is 11.8 Å². The van der Waals surface area contributed by atoms with Gasteiger partial charge in [0.2, 0.25) is 0 Å². The maximum absolute atomic E-state index is 11.3. The van der Waals surface area contributed by atoms with Gasteiger partial charge in [0.05, 0.1) is 12.0 Å². The topological polar surface area (TPSA) is 37.3 Å². The van der Waals surface area contributed by atoms with E-state index in [1.54, 1.807) is 12.2 Å². The minimum atomic E-state index is -0.627. The number of hydrogen-bond acceptors (Lipinski definition) is 2. The molecule has 0 heterocycles. The van der Waals surface area contributed by atoms with Gasteiger partial charge < -0.3 is 5.11 Å². The van der Waals surface area contributed by atoms with Crippen LogP contribution >= 0.6 is 0 Å². The zero-order valence-corrected chi connectivity index (χ0v) is 8.10. The molecule has 0 bridgehead atoms. The first-order valence-corrected chi connectivity index (χ1v) is 4.73. The molecular weight excluding hydrogens is 164 g/mol. The molecule has 0 aromatic heterocycles. The Morgan fingerprint density at radius 3 is 2.85 bits per heavy atom. The van der Waals surface area contributed by atoms with E-state index in [4.69, 9.17) is 0 Å². The van der Waals surface area contributed by atoms with Gasteiger partial charge in [0.25, 0.3) is 0 Å². The van der Waals surface area contributed by atoms with Crippen LogP contribution in [0.2, 0.25) is 0 Å². The molecule has 3 atom stereocenters. The smallest absolute Gasteiger partial charge is 0.161 e. The molecule has 1 N–H and O–H groups in total. The third-order valence-corrected chi connectivity index (χ3v) is 2.40. The van der Waals surface area contributed by atoms with Crippen LogP contribution in [-0.4, -0.2) is 17.0 Å². The van der Waals surface area contributed by atoms with Gasteiger partial charge in [-0.25, -0.2) is 0 Å². The van der Waals surface area contributed by atoms with Gasteiger partial charge in [0.15, 0.2) is 5.78 Å². The molecule has 2 nitrogen and oxygen atoms in total. The summed E-state index contributed by atoms with van der Waals surface area (Å²) in [5.41, 5.74) is 0. The fourth-order valence-corrected chi connectivity index (χ4v) is 1.61. The standard InChI is InChI=1S/C11H16O2/c1-3-4-5-9(12)11-8(2)6-7-10(11)13/h4-9,11-12H,3H2,1-2H3/t8-,9?,11?/m0/s1. The van der Waals surface area contributed by atoms with Gasteiger partial charge in [-0.2, -0.15) is 0 Å². The van der Waals surface area contributed by atoms with E-state index in [-0.39, 0.29) is 17.6 Å². The zero-order chi connectivity index (χ0) is 9.84. The van der Waals surface area contributed by atoms with Crippen molar-refractivity contribution in [1.82, 2.24) is 0 Å². The van der Waals surface area contributed by atoms with Crippen molar-refractivity contribution in [2.24, 2.45) is 11.8 Å². The summed E-state index contributed by atoms with van der Waals surface area (Å²) in [6.45, 7) is 3.95. The molecule has 0 saturated heterocycles. The van der Waals surface area contributed by atoms with Crippen molar-refractivity contribution in [3.05, 3.63) is 24.3 Å². The van der Waals surface area contributed by atoms with Crippen LogP contribution in [0.4, 0.5) is 0 Å². The molecule has 1 aliphatic carbocycles. The second-order valence-corrected chi connectivity index (χ2v) is 3.47. The minimum absolute atomic E-state index is 0.0424. The van der Waals surface area contributed by atoms with E-state index in [9.17, 15) is 9.90 Å². The third kappa shape index (κ3) is 2.28. The number of hydrogen-bond donors (Lipinski definition) is 1. The largest absolute Gasteiger partial charge is 0.388 e. The summed E-state index contributed by atoms with van der Waals surface area (Å²) in [5.74, 6) is -0.0624. The van der Waals surface area contributed by atoms with Gasteiger partial charge in [0.1, 0.15) is 0 Å². The number of carbonyl (C=O) groups excluding carboxylic acids is 1. The van der Waals surface area contributed by atoms with Gasteiger partial charge in [-0.3, -0.25) is 4.79 Å². The van der Waals surface area contributed by atoms with Crippen molar-refractivity contribution >= 4 is 5.78 Å². The van der Waals surface area contributed by atoms with Crippen molar-refractivity contribution in [2.75, 3.05) is 0 Å². The maximum Gasteiger partial charge on any atom is 0.161 e. The normalized spacial score (nSPS) is 30.2. The molecule has 1 rings (SSSR count). The monoisotopic (exact) mass is 180 g/mol. The highest BCUT2D eigenvalue weighted by atomic mass is 16.3. The average Bonchev–Trinajstić information content (AvgIpc) is 2.42. The van der Waals surface area contributed by atoms with E-state index in [2.05, 4.69) is 0 Å². The SMILES string of the molecule is CCC=CC(O)C1C(=O)C=C[C@@H]1C. The Hall–Kier alpha value is -0.890. The molecule has 0 saturated carbocycles. The minimum Gasteiger partial charge on any atom is -0.388 e. The van der Waals surface area contributed by atoms with Gasteiger partial charge in [0, 0.05) is 0 Å². The lowest BCUT2D eigenvalue weighted by molar-refractivity contribution is -0.120. The summed E-state index contributed by atoms with van der Waals surface area (Å²) in [6.07, 6.45) is 7.29. The predicted octanol–water partition coefficient (Wildman–Crippen LogP) is 1.70. The summed E-state index contributed by atoms with van der Waals surface area (Å²) in [4.78, 5) is 11.3. The zero-order valence-electron chi connectivity index (χ0n) is 8.10. The quantitative estimate of drug-likeness (QED) is 0.671. The maximum atomic E-state index is 11.3. The average molecular weight is 180 g/mol. The number of aliphatic hydroxyl groups is 1. The Kier molecular flexibility index (Phi) is 3.43. The summed E-state index contributed by atoms with van der Waals surface area (Å²) in [6, 6.07) is 0. The summed E-state index contributed by atoms with van der Waals surface area (Å²) in [7, 11) is 0. The highest BCUT2D eigenvalue weighted by molar-refractivity contribution is 5.95. The van der Waals surface area contributed by atoms with E-state index in [1.165, 1.54) is 0 Å². The van der Waals surface area contributed by atoms with Gasteiger partial charge in [-0.15, -0.1) is 0 Å². The molecular formula is C11H16O2. The van der Waals surface area contributed by atoms with Crippen LogP contribution in [0.25, 0.3) is 0 Å². The van der Waals surface area contributed by atoms with E-state index in [0.717, 1.165) is 6.42 Å². The second-order valence-electron chi connectivity index (χ2n) is 3.47.